The van der Waals surface area contributed by atoms with Crippen LogP contribution in [0.3, 0.4) is 0 Å². The number of piperazine rings is 1. The van der Waals surface area contributed by atoms with Gasteiger partial charge in [0.05, 0.1) is 21.8 Å². The summed E-state index contributed by atoms with van der Waals surface area (Å²) in [6.45, 7) is 9.55. The maximum Gasteiger partial charge on any atom is 0.347 e. The molecule has 0 spiro atoms. The Labute approximate surface area is 236 Å². The molecule has 0 radical (unpaired) electrons. The Morgan fingerprint density at radius 2 is 1.77 bits per heavy atom. The SMILES string of the molecule is Cc1nc2cc(OC[C@@H](O)CN3CCN(Cc4nc(-c5ccc(OC(C)(C)C(=O)O)cc5)no4)CC3)ccc2s1. The van der Waals surface area contributed by atoms with Crippen molar-refractivity contribution in [2.75, 3.05) is 39.3 Å². The molecule has 12 heteroatoms. The van der Waals surface area contributed by atoms with E-state index in [0.29, 0.717) is 36.3 Å². The van der Waals surface area contributed by atoms with Gasteiger partial charge in [-0.2, -0.15) is 4.98 Å². The van der Waals surface area contributed by atoms with E-state index in [1.165, 1.54) is 13.8 Å². The highest BCUT2D eigenvalue weighted by Crippen LogP contribution is 2.26. The molecular weight excluding hydrogens is 534 g/mol. The van der Waals surface area contributed by atoms with Crippen LogP contribution in [0.15, 0.2) is 47.0 Å². The lowest BCUT2D eigenvalue weighted by Crippen LogP contribution is -2.48. The number of carboxylic acid groups (broad SMARTS) is 1. The smallest absolute Gasteiger partial charge is 0.347 e. The van der Waals surface area contributed by atoms with E-state index in [0.717, 1.165) is 47.0 Å². The molecule has 5 rings (SSSR count). The van der Waals surface area contributed by atoms with Crippen LogP contribution in [0.2, 0.25) is 0 Å². The number of aliphatic carboxylic acids is 1. The van der Waals surface area contributed by atoms with Crippen LogP contribution in [0, 0.1) is 6.92 Å². The van der Waals surface area contributed by atoms with E-state index in [9.17, 15) is 15.0 Å². The van der Waals surface area contributed by atoms with E-state index in [4.69, 9.17) is 14.0 Å². The van der Waals surface area contributed by atoms with Gasteiger partial charge in [-0.1, -0.05) is 5.16 Å². The number of fused-ring (bicyclic) bond motifs is 1. The fourth-order valence-corrected chi connectivity index (χ4v) is 5.23. The third-order valence-electron chi connectivity index (χ3n) is 6.67. The standard InChI is InChI=1S/C28H33N5O6S/c1-18-29-23-14-22(8-9-24(23)40-18)37-17-20(34)15-32-10-12-33(13-11-32)16-25-30-26(31-39-25)19-4-6-21(7-5-19)38-28(2,3)27(35)36/h4-9,14,20,34H,10-13,15-17H2,1-3H3,(H,35,36)/t20-/m0/s1. The molecule has 1 atom stereocenters. The van der Waals surface area contributed by atoms with Gasteiger partial charge in [0.2, 0.25) is 11.7 Å². The first-order chi connectivity index (χ1) is 19.1. The van der Waals surface area contributed by atoms with Crippen molar-refractivity contribution >= 4 is 27.5 Å². The summed E-state index contributed by atoms with van der Waals surface area (Å²) in [4.78, 5) is 24.8. The average molecular weight is 568 g/mol. The quantitative estimate of drug-likeness (QED) is 0.276. The van der Waals surface area contributed by atoms with Gasteiger partial charge in [0, 0.05) is 44.4 Å². The van der Waals surface area contributed by atoms with Gasteiger partial charge >= 0.3 is 5.97 Å². The van der Waals surface area contributed by atoms with Gasteiger partial charge in [0.15, 0.2) is 5.60 Å². The minimum atomic E-state index is -1.33. The molecule has 1 fully saturated rings. The third kappa shape index (κ3) is 6.94. The molecule has 0 amide bonds. The molecule has 1 aliphatic heterocycles. The van der Waals surface area contributed by atoms with Crippen LogP contribution in [0.25, 0.3) is 21.6 Å². The summed E-state index contributed by atoms with van der Waals surface area (Å²) in [5.74, 6) is 1.11. The van der Waals surface area contributed by atoms with E-state index < -0.39 is 17.7 Å². The second kappa shape index (κ2) is 11.9. The van der Waals surface area contributed by atoms with E-state index in [1.807, 2.05) is 25.1 Å². The normalized spacial score (nSPS) is 15.8. The molecule has 2 aromatic carbocycles. The summed E-state index contributed by atoms with van der Waals surface area (Å²) < 4.78 is 18.0. The third-order valence-corrected chi connectivity index (χ3v) is 7.62. The number of carbonyl (C=O) groups is 1. The van der Waals surface area contributed by atoms with E-state index in [1.54, 1.807) is 35.6 Å². The van der Waals surface area contributed by atoms with Crippen molar-refractivity contribution in [1.29, 1.82) is 0 Å². The summed E-state index contributed by atoms with van der Waals surface area (Å²) in [7, 11) is 0. The fraction of sp³-hybridized carbons (Fsp3) is 0.429. The van der Waals surface area contributed by atoms with Crippen molar-refractivity contribution in [1.82, 2.24) is 24.9 Å². The van der Waals surface area contributed by atoms with E-state index in [-0.39, 0.29) is 6.61 Å². The Balaban J connectivity index is 1.05. The van der Waals surface area contributed by atoms with Gasteiger partial charge in [-0.05, 0) is 57.2 Å². The molecule has 11 nitrogen and oxygen atoms in total. The van der Waals surface area contributed by atoms with Crippen LogP contribution < -0.4 is 9.47 Å². The Morgan fingerprint density at radius 1 is 1.07 bits per heavy atom. The van der Waals surface area contributed by atoms with Gasteiger partial charge in [-0.25, -0.2) is 9.78 Å². The first-order valence-corrected chi connectivity index (χ1v) is 13.9. The van der Waals surface area contributed by atoms with Crippen LogP contribution in [-0.2, 0) is 11.3 Å². The number of nitrogens with zero attached hydrogens (tertiary/aromatic N) is 5. The minimum Gasteiger partial charge on any atom is -0.491 e. The first kappa shape index (κ1) is 28.0. The molecule has 2 N–H and O–H groups in total. The highest BCUT2D eigenvalue weighted by Gasteiger charge is 2.29. The summed E-state index contributed by atoms with van der Waals surface area (Å²) in [5, 5.41) is 24.9. The molecule has 0 aliphatic carbocycles. The number of hydrogen-bond acceptors (Lipinski definition) is 11. The van der Waals surface area contributed by atoms with Crippen LogP contribution in [0.1, 0.15) is 24.7 Å². The summed E-state index contributed by atoms with van der Waals surface area (Å²) in [6.07, 6.45) is -0.593. The van der Waals surface area contributed by atoms with Gasteiger partial charge in [-0.3, -0.25) is 9.80 Å². The highest BCUT2D eigenvalue weighted by atomic mass is 32.1. The van der Waals surface area contributed by atoms with Crippen molar-refractivity contribution in [2.24, 2.45) is 0 Å². The number of benzene rings is 2. The number of ether oxygens (including phenoxy) is 2. The largest absolute Gasteiger partial charge is 0.491 e. The van der Waals surface area contributed by atoms with Gasteiger partial charge < -0.3 is 24.2 Å². The second-order valence-corrected chi connectivity index (χ2v) is 11.6. The Morgan fingerprint density at radius 3 is 2.50 bits per heavy atom. The predicted molar refractivity (Wildman–Crippen MR) is 150 cm³/mol. The molecular formula is C28H33N5O6S. The van der Waals surface area contributed by atoms with Crippen molar-refractivity contribution in [3.05, 3.63) is 53.4 Å². The number of aryl methyl sites for hydroxylation is 1. The maximum atomic E-state index is 11.3. The number of aliphatic hydroxyl groups is 1. The zero-order chi connectivity index (χ0) is 28.3. The fourth-order valence-electron chi connectivity index (χ4n) is 4.42. The van der Waals surface area contributed by atoms with E-state index >= 15 is 0 Å². The molecule has 1 saturated heterocycles. The van der Waals surface area contributed by atoms with Gasteiger partial charge in [0.25, 0.3) is 0 Å². The first-order valence-electron chi connectivity index (χ1n) is 13.1. The lowest BCUT2D eigenvalue weighted by atomic mass is 10.1. The lowest BCUT2D eigenvalue weighted by molar-refractivity contribution is -0.152. The minimum absolute atomic E-state index is 0.226. The van der Waals surface area contributed by atoms with Crippen LogP contribution >= 0.6 is 11.3 Å². The summed E-state index contributed by atoms with van der Waals surface area (Å²) in [6, 6.07) is 12.8. The van der Waals surface area contributed by atoms with E-state index in [2.05, 4.69) is 24.9 Å². The molecule has 3 heterocycles. The molecule has 4 aromatic rings. The molecule has 0 unspecified atom stereocenters. The number of aromatic nitrogens is 3. The van der Waals surface area contributed by atoms with Crippen molar-refractivity contribution in [3.63, 3.8) is 0 Å². The number of aliphatic hydroxyl groups excluding tert-OH is 1. The van der Waals surface area contributed by atoms with Gasteiger partial charge in [-0.15, -0.1) is 11.3 Å². The number of rotatable bonds is 11. The zero-order valence-electron chi connectivity index (χ0n) is 22.7. The monoisotopic (exact) mass is 567 g/mol. The Bertz CT molecular complexity index is 1450. The topological polar surface area (TPSA) is 134 Å². The molecule has 212 valence electrons. The van der Waals surface area contributed by atoms with Crippen LogP contribution in [0.4, 0.5) is 0 Å². The predicted octanol–water partition coefficient (Wildman–Crippen LogP) is 3.45. The molecule has 2 aromatic heterocycles. The summed E-state index contributed by atoms with van der Waals surface area (Å²) >= 11 is 1.65. The molecule has 40 heavy (non-hydrogen) atoms. The number of carboxylic acids is 1. The van der Waals surface area contributed by atoms with Crippen molar-refractivity contribution in [2.45, 2.75) is 39.0 Å². The zero-order valence-corrected chi connectivity index (χ0v) is 23.6. The van der Waals surface area contributed by atoms with Crippen molar-refractivity contribution < 1.29 is 29.0 Å². The lowest BCUT2D eigenvalue weighted by Gasteiger charge is -2.34. The highest BCUT2D eigenvalue weighted by molar-refractivity contribution is 7.18. The average Bonchev–Trinajstić information content (AvgIpc) is 3.54. The van der Waals surface area contributed by atoms with Gasteiger partial charge in [0.1, 0.15) is 24.2 Å². The van der Waals surface area contributed by atoms with Crippen LogP contribution in [-0.4, -0.2) is 92.1 Å². The molecule has 0 saturated carbocycles. The number of hydrogen-bond donors (Lipinski definition) is 2. The van der Waals surface area contributed by atoms with Crippen molar-refractivity contribution in [3.8, 4) is 22.9 Å². The number of β-amino-alcohol motifs (C(OH)–C–C–N with tert-alkyl or cyclic N) is 1. The number of thiazole rings is 1. The molecule has 1 aliphatic rings. The molecule has 0 bridgehead atoms. The maximum absolute atomic E-state index is 11.3. The Hall–Kier alpha value is -3.58. The second-order valence-electron chi connectivity index (χ2n) is 10.4. The van der Waals surface area contributed by atoms with Crippen LogP contribution in [0.5, 0.6) is 11.5 Å². The Kier molecular flexibility index (Phi) is 8.31. The summed E-state index contributed by atoms with van der Waals surface area (Å²) in [5.41, 5.74) is 0.342.